The molecule has 1 aliphatic carbocycles. The summed E-state index contributed by atoms with van der Waals surface area (Å²) < 4.78 is 5.65. The molecule has 31 heavy (non-hydrogen) atoms. The zero-order valence-electron chi connectivity index (χ0n) is 18.2. The molecule has 3 aliphatic rings. The molecule has 2 aromatic carbocycles. The summed E-state index contributed by atoms with van der Waals surface area (Å²) in [6.07, 6.45) is 7.55. The van der Waals surface area contributed by atoms with Crippen LogP contribution in [-0.4, -0.2) is 37.7 Å². The van der Waals surface area contributed by atoms with Crippen molar-refractivity contribution in [1.29, 1.82) is 0 Å². The predicted molar refractivity (Wildman–Crippen MR) is 123 cm³/mol. The van der Waals surface area contributed by atoms with Gasteiger partial charge < -0.3 is 19.5 Å². The molecule has 0 spiro atoms. The van der Waals surface area contributed by atoms with Crippen LogP contribution in [-0.2, 0) is 16.0 Å². The molecule has 4 heteroatoms. The van der Waals surface area contributed by atoms with Crippen LogP contribution in [0.5, 0.6) is 5.75 Å². The number of fused-ring (bicyclic) bond motifs is 1. The standard InChI is InChI=1S/C27H33NO3/c29-18-19-9-13-28(14-10-19)23-4-1-21(2-5-23)27-25(20-11-15-31-16-12-20)7-3-22-17-24(30)6-8-26(22)27/h1-2,4-6,8,17-20,25,27,30H,3,7,9-16H2/t25-,27+/m0/s1. The molecule has 164 valence electrons. The first-order valence-corrected chi connectivity index (χ1v) is 11.9. The fourth-order valence-electron chi connectivity index (χ4n) is 6.10. The number of aryl methyl sites for hydroxylation is 1. The van der Waals surface area contributed by atoms with Gasteiger partial charge in [-0.3, -0.25) is 0 Å². The Kier molecular flexibility index (Phi) is 5.99. The lowest BCUT2D eigenvalue weighted by molar-refractivity contribution is -0.111. The number of carbonyl (C=O) groups excluding carboxylic acids is 1. The number of phenolic OH excluding ortho intramolecular Hbond substituents is 1. The SMILES string of the molecule is O=CC1CCN(c2ccc([C@H]3c4ccc(O)cc4CC[C@H]3C3CCOCC3)cc2)CC1. The quantitative estimate of drug-likeness (QED) is 0.714. The number of rotatable bonds is 4. The first-order chi connectivity index (χ1) is 15.2. The van der Waals surface area contributed by atoms with Gasteiger partial charge in [0.05, 0.1) is 0 Å². The van der Waals surface area contributed by atoms with Crippen LogP contribution in [0, 0.1) is 17.8 Å². The Bertz CT molecular complexity index is 895. The van der Waals surface area contributed by atoms with Gasteiger partial charge >= 0.3 is 0 Å². The third kappa shape index (κ3) is 4.23. The Morgan fingerprint density at radius 3 is 2.39 bits per heavy atom. The van der Waals surface area contributed by atoms with E-state index in [2.05, 4.69) is 35.2 Å². The fraction of sp³-hybridized carbons (Fsp3) is 0.519. The van der Waals surface area contributed by atoms with Crippen molar-refractivity contribution in [3.8, 4) is 5.75 Å². The largest absolute Gasteiger partial charge is 0.508 e. The molecule has 2 atom stereocenters. The number of aldehydes is 1. The van der Waals surface area contributed by atoms with Gasteiger partial charge in [-0.2, -0.15) is 0 Å². The van der Waals surface area contributed by atoms with Gasteiger partial charge in [0.1, 0.15) is 12.0 Å². The first-order valence-electron chi connectivity index (χ1n) is 11.9. The van der Waals surface area contributed by atoms with Crippen LogP contribution in [0.2, 0.25) is 0 Å². The van der Waals surface area contributed by atoms with Gasteiger partial charge in [-0.25, -0.2) is 0 Å². The molecule has 5 rings (SSSR count). The average Bonchev–Trinajstić information content (AvgIpc) is 2.84. The highest BCUT2D eigenvalue weighted by atomic mass is 16.5. The number of benzene rings is 2. The number of piperidine rings is 1. The number of nitrogens with zero attached hydrogens (tertiary/aromatic N) is 1. The second-order valence-electron chi connectivity index (χ2n) is 9.57. The van der Waals surface area contributed by atoms with E-state index in [4.69, 9.17) is 4.74 Å². The van der Waals surface area contributed by atoms with Gasteiger partial charge in [-0.05, 0) is 91.3 Å². The summed E-state index contributed by atoms with van der Waals surface area (Å²) in [6.45, 7) is 3.68. The lowest BCUT2D eigenvalue weighted by atomic mass is 9.65. The maximum Gasteiger partial charge on any atom is 0.123 e. The molecule has 0 bridgehead atoms. The van der Waals surface area contributed by atoms with E-state index in [9.17, 15) is 9.90 Å². The molecule has 0 amide bonds. The average molecular weight is 420 g/mol. The van der Waals surface area contributed by atoms with Crippen molar-refractivity contribution in [2.75, 3.05) is 31.2 Å². The minimum absolute atomic E-state index is 0.228. The third-order valence-electron chi connectivity index (χ3n) is 7.86. The van der Waals surface area contributed by atoms with Crippen LogP contribution in [0.3, 0.4) is 0 Å². The van der Waals surface area contributed by atoms with Crippen molar-refractivity contribution >= 4 is 12.0 Å². The van der Waals surface area contributed by atoms with Crippen molar-refractivity contribution in [3.63, 3.8) is 0 Å². The molecular formula is C27H33NO3. The topological polar surface area (TPSA) is 49.8 Å². The normalized spacial score (nSPS) is 25.2. The second kappa shape index (κ2) is 9.04. The van der Waals surface area contributed by atoms with Crippen LogP contribution in [0.25, 0.3) is 0 Å². The van der Waals surface area contributed by atoms with Gasteiger partial charge in [0.15, 0.2) is 0 Å². The van der Waals surface area contributed by atoms with Crippen molar-refractivity contribution < 1.29 is 14.6 Å². The summed E-state index contributed by atoms with van der Waals surface area (Å²) in [6, 6.07) is 15.1. The van der Waals surface area contributed by atoms with Crippen LogP contribution >= 0.6 is 0 Å². The zero-order chi connectivity index (χ0) is 21.2. The van der Waals surface area contributed by atoms with Gasteiger partial charge in [0, 0.05) is 43.8 Å². The van der Waals surface area contributed by atoms with Crippen molar-refractivity contribution in [1.82, 2.24) is 0 Å². The Labute approximate surface area is 185 Å². The maximum absolute atomic E-state index is 11.1. The summed E-state index contributed by atoms with van der Waals surface area (Å²) in [5, 5.41) is 10.0. The molecule has 4 nitrogen and oxygen atoms in total. The van der Waals surface area contributed by atoms with E-state index in [0.717, 1.165) is 64.7 Å². The number of hydrogen-bond acceptors (Lipinski definition) is 4. The minimum atomic E-state index is 0.228. The van der Waals surface area contributed by atoms with E-state index >= 15 is 0 Å². The van der Waals surface area contributed by atoms with Crippen LogP contribution in [0.1, 0.15) is 54.7 Å². The van der Waals surface area contributed by atoms with E-state index < -0.39 is 0 Å². The highest BCUT2D eigenvalue weighted by Crippen LogP contribution is 2.47. The summed E-state index contributed by atoms with van der Waals surface area (Å²) in [7, 11) is 0. The molecule has 0 unspecified atom stereocenters. The Balaban J connectivity index is 1.43. The summed E-state index contributed by atoms with van der Waals surface area (Å²) in [5.74, 6) is 2.29. The monoisotopic (exact) mass is 419 g/mol. The molecule has 0 radical (unpaired) electrons. The van der Waals surface area contributed by atoms with E-state index in [1.54, 1.807) is 0 Å². The lowest BCUT2D eigenvalue weighted by Gasteiger charge is -2.40. The Hall–Kier alpha value is -2.33. The van der Waals surface area contributed by atoms with E-state index in [-0.39, 0.29) is 5.92 Å². The summed E-state index contributed by atoms with van der Waals surface area (Å²) in [4.78, 5) is 13.5. The molecule has 2 fully saturated rings. The molecule has 2 aliphatic heterocycles. The smallest absolute Gasteiger partial charge is 0.123 e. The van der Waals surface area contributed by atoms with Crippen molar-refractivity contribution in [2.24, 2.45) is 17.8 Å². The lowest BCUT2D eigenvalue weighted by Crippen LogP contribution is -2.34. The Morgan fingerprint density at radius 1 is 0.935 bits per heavy atom. The number of anilines is 1. The molecule has 2 aromatic rings. The highest BCUT2D eigenvalue weighted by molar-refractivity contribution is 5.56. The first kappa shape index (κ1) is 20.6. The molecule has 1 N–H and O–H groups in total. The summed E-state index contributed by atoms with van der Waals surface area (Å²) in [5.41, 5.74) is 5.33. The van der Waals surface area contributed by atoms with E-state index in [0.29, 0.717) is 23.5 Å². The zero-order valence-corrected chi connectivity index (χ0v) is 18.2. The number of hydrogen-bond donors (Lipinski definition) is 1. The fourth-order valence-corrected chi connectivity index (χ4v) is 6.10. The number of phenols is 1. The van der Waals surface area contributed by atoms with Gasteiger partial charge in [-0.1, -0.05) is 18.2 Å². The minimum Gasteiger partial charge on any atom is -0.508 e. The van der Waals surface area contributed by atoms with Gasteiger partial charge in [0.25, 0.3) is 0 Å². The van der Waals surface area contributed by atoms with E-state index in [1.807, 2.05) is 12.1 Å². The number of carbonyl (C=O) groups is 1. The third-order valence-corrected chi connectivity index (χ3v) is 7.86. The molecule has 0 saturated carbocycles. The predicted octanol–water partition coefficient (Wildman–Crippen LogP) is 4.93. The number of ether oxygens (including phenoxy) is 1. The van der Waals surface area contributed by atoms with Crippen LogP contribution in [0.4, 0.5) is 5.69 Å². The molecule has 2 saturated heterocycles. The summed E-state index contributed by atoms with van der Waals surface area (Å²) >= 11 is 0. The van der Waals surface area contributed by atoms with Gasteiger partial charge in [0.2, 0.25) is 0 Å². The highest BCUT2D eigenvalue weighted by Gasteiger charge is 2.36. The Morgan fingerprint density at radius 2 is 1.68 bits per heavy atom. The second-order valence-corrected chi connectivity index (χ2v) is 9.57. The van der Waals surface area contributed by atoms with Crippen LogP contribution < -0.4 is 4.90 Å². The number of aromatic hydroxyl groups is 1. The van der Waals surface area contributed by atoms with E-state index in [1.165, 1.54) is 28.8 Å². The molecular weight excluding hydrogens is 386 g/mol. The van der Waals surface area contributed by atoms with Crippen molar-refractivity contribution in [2.45, 2.75) is 44.4 Å². The molecule has 0 aromatic heterocycles. The van der Waals surface area contributed by atoms with Crippen LogP contribution in [0.15, 0.2) is 42.5 Å². The maximum atomic E-state index is 11.1. The van der Waals surface area contributed by atoms with Gasteiger partial charge in [-0.15, -0.1) is 0 Å². The molecule has 2 heterocycles. The van der Waals surface area contributed by atoms with Crippen molar-refractivity contribution in [3.05, 3.63) is 59.2 Å².